The number of hydrogen-bond acceptors (Lipinski definition) is 0. The van der Waals surface area contributed by atoms with E-state index in [1.165, 1.54) is 55.6 Å². The zero-order valence-electron chi connectivity index (χ0n) is 17.4. The maximum atomic E-state index is 9.75. The average molecular weight is 413 g/mol. The first-order valence-corrected chi connectivity index (χ1v) is 8.37. The standard InChI is InChI=1S/2C10H15.BF4.Fe/c2*1-6-7(2)9(4)10(5)8(6)3;2-1(3,4)5;/h2*1-5H3;;/q3*-1;+3. The van der Waals surface area contributed by atoms with Crippen LogP contribution in [0.4, 0.5) is 17.3 Å². The summed E-state index contributed by atoms with van der Waals surface area (Å²) < 4.78 is 39.0. The maximum Gasteiger partial charge on any atom is 3.00 e. The van der Waals surface area contributed by atoms with Crippen LogP contribution in [0.3, 0.4) is 0 Å². The van der Waals surface area contributed by atoms with Crippen molar-refractivity contribution < 1.29 is 34.3 Å². The molecule has 149 valence electrons. The van der Waals surface area contributed by atoms with Gasteiger partial charge < -0.3 is 17.3 Å². The van der Waals surface area contributed by atoms with E-state index in [1.807, 2.05) is 0 Å². The Hall–Kier alpha value is -0.996. The number of rotatable bonds is 0. The van der Waals surface area contributed by atoms with E-state index in [4.69, 9.17) is 0 Å². The Labute approximate surface area is 166 Å². The summed E-state index contributed by atoms with van der Waals surface area (Å²) in [5.41, 5.74) is 14.7. The van der Waals surface area contributed by atoms with Gasteiger partial charge in [0.2, 0.25) is 0 Å². The summed E-state index contributed by atoms with van der Waals surface area (Å²) in [7, 11) is -6.00. The molecule has 2 aromatic carbocycles. The van der Waals surface area contributed by atoms with Crippen LogP contribution in [0.25, 0.3) is 0 Å². The third-order valence-corrected chi connectivity index (χ3v) is 5.62. The minimum atomic E-state index is -6.00. The van der Waals surface area contributed by atoms with Crippen LogP contribution < -0.4 is 0 Å². The van der Waals surface area contributed by atoms with Gasteiger partial charge in [-0.05, 0) is 0 Å². The van der Waals surface area contributed by atoms with Crippen LogP contribution in [-0.2, 0) is 17.1 Å². The quantitative estimate of drug-likeness (QED) is 0.244. The SMILES string of the molecule is Cc1c(C)c(C)[c-](C)c1C.Cc1c(C)c(C)[c-](C)c1C.F[B-](F)(F)F.[Fe+3]. The van der Waals surface area contributed by atoms with E-state index in [-0.39, 0.29) is 17.1 Å². The zero-order valence-corrected chi connectivity index (χ0v) is 18.5. The zero-order chi connectivity index (χ0) is 20.3. The molecule has 0 aliphatic rings. The van der Waals surface area contributed by atoms with Gasteiger partial charge >= 0.3 is 24.3 Å². The van der Waals surface area contributed by atoms with Crippen molar-refractivity contribution in [2.45, 2.75) is 69.2 Å². The maximum absolute atomic E-state index is 9.75. The summed E-state index contributed by atoms with van der Waals surface area (Å²) in [6.07, 6.45) is 0. The third-order valence-electron chi connectivity index (χ3n) is 5.62. The molecule has 1 radical (unpaired) electrons. The topological polar surface area (TPSA) is 0 Å². The Balaban J connectivity index is 0. The molecular formula is C20H30BF4Fe. The molecule has 2 aromatic rings. The van der Waals surface area contributed by atoms with E-state index < -0.39 is 7.25 Å². The smallest absolute Gasteiger partial charge is 0.418 e. The Morgan fingerprint density at radius 3 is 0.654 bits per heavy atom. The molecule has 0 unspecified atom stereocenters. The van der Waals surface area contributed by atoms with Crippen LogP contribution in [0, 0.1) is 69.2 Å². The van der Waals surface area contributed by atoms with Gasteiger partial charge in [0.05, 0.1) is 0 Å². The molecule has 2 rings (SSSR count). The van der Waals surface area contributed by atoms with E-state index in [1.54, 1.807) is 0 Å². The summed E-state index contributed by atoms with van der Waals surface area (Å²) in [5.74, 6) is 0. The van der Waals surface area contributed by atoms with Gasteiger partial charge in [-0.1, -0.05) is 69.2 Å². The Kier molecular flexibility index (Phi) is 10.9. The molecule has 0 spiro atoms. The van der Waals surface area contributed by atoms with E-state index in [2.05, 4.69) is 69.2 Å². The van der Waals surface area contributed by atoms with Gasteiger partial charge in [0.1, 0.15) is 0 Å². The van der Waals surface area contributed by atoms with Crippen LogP contribution in [0.5, 0.6) is 0 Å². The van der Waals surface area contributed by atoms with Crippen molar-refractivity contribution in [1.82, 2.24) is 0 Å². The second kappa shape index (κ2) is 10.4. The van der Waals surface area contributed by atoms with Gasteiger partial charge in [0.25, 0.3) is 0 Å². The van der Waals surface area contributed by atoms with Gasteiger partial charge in [-0.15, -0.1) is 0 Å². The molecule has 0 saturated heterocycles. The first-order chi connectivity index (χ1) is 11.1. The summed E-state index contributed by atoms with van der Waals surface area (Å²) in [6.45, 7) is 22.0. The normalized spacial score (nSPS) is 10.4. The van der Waals surface area contributed by atoms with Crippen molar-refractivity contribution in [2.75, 3.05) is 0 Å². The van der Waals surface area contributed by atoms with Crippen molar-refractivity contribution >= 4 is 7.25 Å². The second-order valence-corrected chi connectivity index (χ2v) is 6.74. The van der Waals surface area contributed by atoms with Gasteiger partial charge in [-0.25, -0.2) is 0 Å². The van der Waals surface area contributed by atoms with Crippen molar-refractivity contribution in [2.24, 2.45) is 0 Å². The molecule has 0 saturated carbocycles. The molecule has 0 atom stereocenters. The Morgan fingerprint density at radius 2 is 0.615 bits per heavy atom. The first-order valence-electron chi connectivity index (χ1n) is 8.37. The molecule has 0 nitrogen and oxygen atoms in total. The molecule has 0 amide bonds. The van der Waals surface area contributed by atoms with E-state index in [9.17, 15) is 17.3 Å². The first kappa shape index (κ1) is 27.2. The van der Waals surface area contributed by atoms with Crippen molar-refractivity contribution in [3.05, 3.63) is 55.6 Å². The van der Waals surface area contributed by atoms with Gasteiger partial charge in [-0.2, -0.15) is 55.6 Å². The fourth-order valence-corrected chi connectivity index (χ4v) is 2.81. The second-order valence-electron chi connectivity index (χ2n) is 6.74. The predicted molar refractivity (Wildman–Crippen MR) is 102 cm³/mol. The molecule has 0 N–H and O–H groups in total. The molecule has 0 bridgehead atoms. The largest absolute Gasteiger partial charge is 3.00 e. The molecule has 6 heteroatoms. The molecule has 0 aliphatic carbocycles. The molecular weight excluding hydrogens is 383 g/mol. The minimum Gasteiger partial charge on any atom is -0.418 e. The van der Waals surface area contributed by atoms with Gasteiger partial charge in [0, 0.05) is 0 Å². The van der Waals surface area contributed by atoms with Gasteiger partial charge in [-0.3, -0.25) is 0 Å². The summed E-state index contributed by atoms with van der Waals surface area (Å²) in [5, 5.41) is 0. The average Bonchev–Trinajstić information content (AvgIpc) is 2.77. The van der Waals surface area contributed by atoms with E-state index in [0.717, 1.165) is 0 Å². The fraction of sp³-hybridized carbons (Fsp3) is 0.500. The number of halogens is 4. The van der Waals surface area contributed by atoms with Gasteiger partial charge in [0.15, 0.2) is 0 Å². The van der Waals surface area contributed by atoms with Crippen LogP contribution in [0.2, 0.25) is 0 Å². The van der Waals surface area contributed by atoms with E-state index >= 15 is 0 Å². The molecule has 0 fully saturated rings. The third kappa shape index (κ3) is 7.32. The predicted octanol–water partition coefficient (Wildman–Crippen LogP) is 7.19. The Morgan fingerprint density at radius 1 is 0.500 bits per heavy atom. The minimum absolute atomic E-state index is 0. The molecule has 0 heterocycles. The summed E-state index contributed by atoms with van der Waals surface area (Å²) in [4.78, 5) is 0. The summed E-state index contributed by atoms with van der Waals surface area (Å²) >= 11 is 0. The van der Waals surface area contributed by atoms with Crippen LogP contribution in [-0.4, -0.2) is 7.25 Å². The van der Waals surface area contributed by atoms with Crippen LogP contribution >= 0.6 is 0 Å². The molecule has 26 heavy (non-hydrogen) atoms. The van der Waals surface area contributed by atoms with Crippen LogP contribution in [0.15, 0.2) is 0 Å². The summed E-state index contributed by atoms with van der Waals surface area (Å²) in [6, 6.07) is 0. The Bertz CT molecular complexity index is 499. The molecule has 0 aliphatic heterocycles. The molecule has 0 aromatic heterocycles. The fourth-order valence-electron chi connectivity index (χ4n) is 2.81. The van der Waals surface area contributed by atoms with Crippen LogP contribution in [0.1, 0.15) is 55.6 Å². The van der Waals surface area contributed by atoms with Crippen molar-refractivity contribution in [3.8, 4) is 0 Å². The van der Waals surface area contributed by atoms with E-state index in [0.29, 0.717) is 0 Å². The monoisotopic (exact) mass is 413 g/mol. The van der Waals surface area contributed by atoms with Crippen molar-refractivity contribution in [1.29, 1.82) is 0 Å². The number of hydrogen-bond donors (Lipinski definition) is 0. The van der Waals surface area contributed by atoms with Crippen molar-refractivity contribution in [3.63, 3.8) is 0 Å².